The van der Waals surface area contributed by atoms with Gasteiger partial charge < -0.3 is 19.7 Å². The quantitative estimate of drug-likeness (QED) is 0.578. The first-order valence-electron chi connectivity index (χ1n) is 10.2. The van der Waals surface area contributed by atoms with Gasteiger partial charge >= 0.3 is 0 Å². The van der Waals surface area contributed by atoms with Crippen molar-refractivity contribution in [3.63, 3.8) is 0 Å². The van der Waals surface area contributed by atoms with E-state index in [0.29, 0.717) is 42.3 Å². The fraction of sp³-hybridized carbons (Fsp3) is 0.200. The molecule has 0 aromatic heterocycles. The van der Waals surface area contributed by atoms with Crippen LogP contribution in [0.3, 0.4) is 0 Å². The van der Waals surface area contributed by atoms with E-state index in [1.54, 1.807) is 29.2 Å². The number of amides is 2. The first-order valence-corrected chi connectivity index (χ1v) is 10.2. The van der Waals surface area contributed by atoms with Crippen LogP contribution >= 0.6 is 0 Å². The van der Waals surface area contributed by atoms with Crippen LogP contribution in [0.5, 0.6) is 11.5 Å². The highest BCUT2D eigenvalue weighted by Crippen LogP contribution is 2.34. The highest BCUT2D eigenvalue weighted by atomic mass is 16.5. The molecule has 2 amide bonds. The maximum Gasteiger partial charge on any atom is 0.265 e. The van der Waals surface area contributed by atoms with Gasteiger partial charge in [-0.05, 0) is 55.8 Å². The van der Waals surface area contributed by atoms with E-state index in [1.807, 2.05) is 55.5 Å². The summed E-state index contributed by atoms with van der Waals surface area (Å²) in [7, 11) is 0. The van der Waals surface area contributed by atoms with Crippen molar-refractivity contribution in [1.82, 2.24) is 0 Å². The second kappa shape index (κ2) is 9.34. The van der Waals surface area contributed by atoms with Crippen molar-refractivity contribution in [2.24, 2.45) is 0 Å². The van der Waals surface area contributed by atoms with E-state index in [0.717, 1.165) is 11.3 Å². The number of ether oxygens (including phenoxy) is 2. The minimum Gasteiger partial charge on any atom is -0.494 e. The summed E-state index contributed by atoms with van der Waals surface area (Å²) in [5.41, 5.74) is 2.85. The highest BCUT2D eigenvalue weighted by Gasteiger charge is 2.25. The molecule has 6 heteroatoms. The highest BCUT2D eigenvalue weighted by molar-refractivity contribution is 6.05. The third kappa shape index (κ3) is 5.04. The van der Waals surface area contributed by atoms with Crippen LogP contribution in [0.1, 0.15) is 22.3 Å². The number of fused-ring (bicyclic) bond motifs is 1. The van der Waals surface area contributed by atoms with E-state index in [4.69, 9.17) is 9.47 Å². The minimum atomic E-state index is -0.200. The Morgan fingerprint density at radius 1 is 1.06 bits per heavy atom. The average Bonchev–Trinajstić information content (AvgIpc) is 2.78. The number of nitrogens with one attached hydrogen (secondary N) is 1. The Bertz CT molecular complexity index is 1080. The molecule has 0 unspecified atom stereocenters. The first-order chi connectivity index (χ1) is 15.1. The van der Waals surface area contributed by atoms with Crippen molar-refractivity contribution in [2.75, 3.05) is 30.0 Å². The van der Waals surface area contributed by atoms with Crippen molar-refractivity contribution in [3.05, 3.63) is 83.9 Å². The molecule has 1 N–H and O–H groups in total. The molecule has 1 aliphatic rings. The summed E-state index contributed by atoms with van der Waals surface area (Å²) in [6, 6.07) is 22.3. The lowest BCUT2D eigenvalue weighted by Gasteiger charge is -2.30. The molecule has 0 fully saturated rings. The van der Waals surface area contributed by atoms with Crippen molar-refractivity contribution in [1.29, 1.82) is 0 Å². The number of hydrogen-bond acceptors (Lipinski definition) is 4. The minimum absolute atomic E-state index is 0.00153. The topological polar surface area (TPSA) is 67.9 Å². The van der Waals surface area contributed by atoms with Gasteiger partial charge in [0.05, 0.1) is 12.3 Å². The second-order valence-electron chi connectivity index (χ2n) is 7.36. The van der Waals surface area contributed by atoms with Crippen LogP contribution in [0, 0.1) is 6.92 Å². The maximum atomic E-state index is 12.6. The molecule has 0 spiro atoms. The van der Waals surface area contributed by atoms with Gasteiger partial charge in [0.2, 0.25) is 0 Å². The molecule has 0 saturated carbocycles. The number of rotatable bonds is 7. The van der Waals surface area contributed by atoms with E-state index in [2.05, 4.69) is 5.32 Å². The summed E-state index contributed by atoms with van der Waals surface area (Å²) in [5, 5.41) is 2.90. The smallest absolute Gasteiger partial charge is 0.265 e. The fourth-order valence-corrected chi connectivity index (χ4v) is 3.44. The average molecular weight is 416 g/mol. The summed E-state index contributed by atoms with van der Waals surface area (Å²) in [6.45, 7) is 2.94. The molecule has 1 aliphatic heterocycles. The van der Waals surface area contributed by atoms with Crippen molar-refractivity contribution in [3.8, 4) is 11.5 Å². The van der Waals surface area contributed by atoms with Gasteiger partial charge in [0.15, 0.2) is 6.61 Å². The Balaban J connectivity index is 1.43. The van der Waals surface area contributed by atoms with E-state index in [-0.39, 0.29) is 18.4 Å². The lowest BCUT2D eigenvalue weighted by molar-refractivity contribution is -0.121. The lowest BCUT2D eigenvalue weighted by Crippen LogP contribution is -2.39. The molecule has 0 aliphatic carbocycles. The van der Waals surface area contributed by atoms with Gasteiger partial charge in [-0.1, -0.05) is 35.9 Å². The molecule has 1 heterocycles. The number of carbonyl (C=O) groups excluding carboxylic acids is 2. The number of benzene rings is 3. The van der Waals surface area contributed by atoms with Crippen LogP contribution in [0.25, 0.3) is 0 Å². The molecule has 3 aromatic carbocycles. The van der Waals surface area contributed by atoms with E-state index < -0.39 is 0 Å². The van der Waals surface area contributed by atoms with Crippen LogP contribution in [0.2, 0.25) is 0 Å². The largest absolute Gasteiger partial charge is 0.494 e. The molecule has 31 heavy (non-hydrogen) atoms. The Hall–Kier alpha value is -3.80. The predicted octanol–water partition coefficient (Wildman–Crippen LogP) is 4.44. The first kappa shape index (κ1) is 20.5. The van der Waals surface area contributed by atoms with Crippen LogP contribution < -0.4 is 19.7 Å². The van der Waals surface area contributed by atoms with Crippen molar-refractivity contribution < 1.29 is 19.1 Å². The van der Waals surface area contributed by atoms with Crippen molar-refractivity contribution in [2.45, 2.75) is 13.3 Å². The zero-order valence-electron chi connectivity index (χ0n) is 17.3. The predicted molar refractivity (Wildman–Crippen MR) is 120 cm³/mol. The number of nitrogens with zero attached hydrogens (tertiary/aromatic N) is 1. The summed E-state index contributed by atoms with van der Waals surface area (Å²) in [5.74, 6) is 1.11. The zero-order valence-corrected chi connectivity index (χ0v) is 17.3. The normalized spacial score (nSPS) is 12.7. The summed E-state index contributed by atoms with van der Waals surface area (Å²) in [6.07, 6.45) is 0.667. The van der Waals surface area contributed by atoms with E-state index in [9.17, 15) is 9.59 Å². The summed E-state index contributed by atoms with van der Waals surface area (Å²) >= 11 is 0. The Morgan fingerprint density at radius 2 is 1.90 bits per heavy atom. The molecule has 3 aromatic rings. The molecule has 0 radical (unpaired) electrons. The second-order valence-corrected chi connectivity index (χ2v) is 7.36. The number of aryl methyl sites for hydroxylation is 1. The van der Waals surface area contributed by atoms with E-state index in [1.165, 1.54) is 0 Å². The van der Waals surface area contributed by atoms with Gasteiger partial charge in [0.1, 0.15) is 11.5 Å². The number of hydrogen-bond donors (Lipinski definition) is 1. The number of para-hydroxylation sites is 1. The van der Waals surface area contributed by atoms with Gasteiger partial charge in [0, 0.05) is 17.8 Å². The Morgan fingerprint density at radius 3 is 2.71 bits per heavy atom. The lowest BCUT2D eigenvalue weighted by atomic mass is 10.1. The van der Waals surface area contributed by atoms with Crippen LogP contribution in [0.4, 0.5) is 11.4 Å². The molecule has 0 atom stereocenters. The van der Waals surface area contributed by atoms with Gasteiger partial charge in [-0.15, -0.1) is 0 Å². The van der Waals surface area contributed by atoms with Gasteiger partial charge in [-0.2, -0.15) is 0 Å². The SMILES string of the molecule is Cc1cccc(C(=O)Nc2ccc3c(c2)N(CCCOc2ccccc2)C(=O)CO3)c1. The molecular weight excluding hydrogens is 392 g/mol. The maximum absolute atomic E-state index is 12.6. The Kier molecular flexibility index (Phi) is 6.17. The molecule has 158 valence electrons. The standard InChI is InChI=1S/C25H24N2O4/c1-18-7-5-8-19(15-18)25(29)26-20-11-12-23-22(16-20)27(24(28)17-31-23)13-6-14-30-21-9-3-2-4-10-21/h2-5,7-12,15-16H,6,13-14,17H2,1H3,(H,26,29). The van der Waals surface area contributed by atoms with Crippen LogP contribution in [-0.4, -0.2) is 31.6 Å². The van der Waals surface area contributed by atoms with Crippen LogP contribution in [0.15, 0.2) is 72.8 Å². The van der Waals surface area contributed by atoms with Gasteiger partial charge in [-0.3, -0.25) is 9.59 Å². The van der Waals surface area contributed by atoms with Gasteiger partial charge in [0.25, 0.3) is 11.8 Å². The molecule has 0 bridgehead atoms. The molecular formula is C25H24N2O4. The Labute approximate surface area is 181 Å². The van der Waals surface area contributed by atoms with Gasteiger partial charge in [-0.25, -0.2) is 0 Å². The zero-order chi connectivity index (χ0) is 21.6. The summed E-state index contributed by atoms with van der Waals surface area (Å²) < 4.78 is 11.3. The third-order valence-corrected chi connectivity index (χ3v) is 4.98. The number of anilines is 2. The van der Waals surface area contributed by atoms with Crippen LogP contribution in [-0.2, 0) is 4.79 Å². The molecule has 0 saturated heterocycles. The van der Waals surface area contributed by atoms with Crippen molar-refractivity contribution >= 4 is 23.2 Å². The molecule has 4 rings (SSSR count). The summed E-state index contributed by atoms with van der Waals surface area (Å²) in [4.78, 5) is 26.8. The molecule has 6 nitrogen and oxygen atoms in total. The van der Waals surface area contributed by atoms with E-state index >= 15 is 0 Å². The third-order valence-electron chi connectivity index (χ3n) is 4.98. The fourth-order valence-electron chi connectivity index (χ4n) is 3.44. The monoisotopic (exact) mass is 416 g/mol. The number of carbonyl (C=O) groups is 2.